The van der Waals surface area contributed by atoms with E-state index in [1.165, 1.54) is 5.57 Å². The molecule has 9 nitrogen and oxygen atoms in total. The molecular weight excluding hydrogens is 574 g/mol. The van der Waals surface area contributed by atoms with Crippen LogP contribution in [0.1, 0.15) is 73.6 Å². The molecule has 248 valence electrons. The van der Waals surface area contributed by atoms with Gasteiger partial charge in [0.05, 0.1) is 24.5 Å². The molecule has 0 saturated carbocycles. The van der Waals surface area contributed by atoms with Crippen LogP contribution < -0.4 is 0 Å². The highest BCUT2D eigenvalue weighted by Crippen LogP contribution is 2.47. The minimum Gasteiger partial charge on any atom is -0.462 e. The predicted octanol–water partition coefficient (Wildman–Crippen LogP) is 5.34. The molecule has 0 aromatic rings. The maximum Gasteiger partial charge on any atom is 0.316 e. The van der Waals surface area contributed by atoms with Crippen LogP contribution in [0.15, 0.2) is 64.4 Å². The second-order valence-electron chi connectivity index (χ2n) is 14.0. The lowest BCUT2D eigenvalue weighted by Crippen LogP contribution is -2.59. The van der Waals surface area contributed by atoms with Crippen molar-refractivity contribution < 1.29 is 38.8 Å². The molecule has 0 aromatic heterocycles. The summed E-state index contributed by atoms with van der Waals surface area (Å²) >= 11 is 0. The Hall–Kier alpha value is -2.56. The Balaban J connectivity index is 1.54. The van der Waals surface area contributed by atoms with E-state index in [2.05, 4.69) is 64.1 Å². The summed E-state index contributed by atoms with van der Waals surface area (Å²) in [6.45, 7) is 12.4. The minimum absolute atomic E-state index is 0.0293. The van der Waals surface area contributed by atoms with Gasteiger partial charge in [0.1, 0.15) is 36.9 Å². The summed E-state index contributed by atoms with van der Waals surface area (Å²) in [5, 5.41) is 27.5. The van der Waals surface area contributed by atoms with Gasteiger partial charge in [0.2, 0.25) is 0 Å². The summed E-state index contributed by atoms with van der Waals surface area (Å²) in [7, 11) is 1.54. The number of ether oxygens (including phenoxy) is 4. The van der Waals surface area contributed by atoms with Crippen molar-refractivity contribution in [2.75, 3.05) is 13.7 Å². The number of hydrogen-bond donors (Lipinski definition) is 2. The second-order valence-corrected chi connectivity index (χ2v) is 14.0. The molecule has 1 spiro atoms. The van der Waals surface area contributed by atoms with Crippen molar-refractivity contribution in [2.45, 2.75) is 116 Å². The summed E-state index contributed by atoms with van der Waals surface area (Å²) in [6.07, 6.45) is 13.4. The van der Waals surface area contributed by atoms with E-state index >= 15 is 0 Å². The monoisotopic (exact) mass is 625 g/mol. The van der Waals surface area contributed by atoms with Gasteiger partial charge in [-0.1, -0.05) is 81.0 Å². The molecule has 0 amide bonds. The number of carbonyl (C=O) groups is 1. The second kappa shape index (κ2) is 13.7. The highest BCUT2D eigenvalue weighted by Gasteiger charge is 2.60. The fourth-order valence-electron chi connectivity index (χ4n) is 7.40. The smallest absolute Gasteiger partial charge is 0.316 e. The van der Waals surface area contributed by atoms with E-state index in [0.717, 1.165) is 12.1 Å². The van der Waals surface area contributed by atoms with E-state index in [1.807, 2.05) is 12.2 Å². The van der Waals surface area contributed by atoms with E-state index in [9.17, 15) is 15.0 Å². The largest absolute Gasteiger partial charge is 0.462 e. The van der Waals surface area contributed by atoms with Crippen LogP contribution in [0.25, 0.3) is 0 Å². The Morgan fingerprint density at radius 2 is 1.96 bits per heavy atom. The molecule has 0 radical (unpaired) electrons. The number of allylic oxidation sites excluding steroid dienone is 5. The summed E-state index contributed by atoms with van der Waals surface area (Å²) in [4.78, 5) is 19.3. The molecule has 5 rings (SSSR count). The Morgan fingerprint density at radius 1 is 1.18 bits per heavy atom. The number of carbonyl (C=O) groups excluding carboxylic acids is 1. The van der Waals surface area contributed by atoms with E-state index in [-0.39, 0.29) is 30.7 Å². The molecule has 3 fully saturated rings. The molecular formula is C36H51NO8. The summed E-state index contributed by atoms with van der Waals surface area (Å²) in [5.74, 6) is -2.13. The van der Waals surface area contributed by atoms with Crippen LogP contribution in [0, 0.1) is 23.7 Å². The molecule has 5 aliphatic rings. The molecule has 2 N–H and O–H groups in total. The molecule has 4 aliphatic heterocycles. The summed E-state index contributed by atoms with van der Waals surface area (Å²) in [5.41, 5.74) is 1.45. The Kier molecular flexibility index (Phi) is 10.3. The minimum atomic E-state index is -1.74. The lowest BCUT2D eigenvalue weighted by Gasteiger charge is -2.49. The normalized spacial score (nSPS) is 45.0. The number of aliphatic hydroxyl groups is 2. The number of rotatable bonds is 3. The van der Waals surface area contributed by atoms with Gasteiger partial charge >= 0.3 is 5.97 Å². The van der Waals surface area contributed by atoms with Crippen molar-refractivity contribution in [1.82, 2.24) is 0 Å². The first-order chi connectivity index (χ1) is 21.3. The Morgan fingerprint density at radius 3 is 2.69 bits per heavy atom. The van der Waals surface area contributed by atoms with Crippen molar-refractivity contribution in [3.05, 3.63) is 59.3 Å². The number of oxime groups is 1. The Labute approximate surface area is 267 Å². The number of esters is 1. The van der Waals surface area contributed by atoms with Gasteiger partial charge in [-0.3, -0.25) is 4.79 Å². The van der Waals surface area contributed by atoms with Crippen LogP contribution in [-0.2, 0) is 28.6 Å². The van der Waals surface area contributed by atoms with Crippen LogP contribution in [0.4, 0.5) is 0 Å². The average Bonchev–Trinajstić information content (AvgIpc) is 3.31. The zero-order valence-electron chi connectivity index (χ0n) is 27.8. The third-order valence-electron chi connectivity index (χ3n) is 9.83. The first-order valence-corrected chi connectivity index (χ1v) is 16.4. The van der Waals surface area contributed by atoms with Gasteiger partial charge in [0, 0.05) is 25.2 Å². The van der Waals surface area contributed by atoms with Crippen molar-refractivity contribution >= 4 is 11.7 Å². The lowest BCUT2D eigenvalue weighted by molar-refractivity contribution is -0.312. The quantitative estimate of drug-likeness (QED) is 0.245. The fraction of sp³-hybridized carbons (Fsp3) is 0.667. The standard InChI is InChI=1S/C36H51NO8/c1-21(2)11-14-31-25(6)30(37-41-7)19-35(45-31)18-28-17-27(44-35)13-12-23(4)15-22(3)9-8-10-26-20-42-33-32(38)24(5)16-29(34(39)43-28)36(26,33)40/h8-12,14,16,21-22,25,27-29,31-33,38,40H,13,15,17-20H2,1-7H3/b9-8+,14-11+,23-12+,26-10+,37-30+/t22-,25-,27+,28-,29-,31+,32+,33+,35-,36+/m0/s1. The van der Waals surface area contributed by atoms with Crippen LogP contribution >= 0.6 is 0 Å². The van der Waals surface area contributed by atoms with E-state index < -0.39 is 41.6 Å². The SMILES string of the molecule is CO/N=C1\C[C@]2(C[C@@H]3C[C@@H](C/C=C(\C)C[C@@H](C)/C=C/C=C4\CO[C@@H]5[C@H](O)C(C)=C[C@@H](C(=O)O3)[C@]45O)O2)O[C@H](/C=C/C(C)C)[C@H]1C. The van der Waals surface area contributed by atoms with Gasteiger partial charge in [-0.25, -0.2) is 0 Å². The van der Waals surface area contributed by atoms with Crippen molar-refractivity contribution in [3.8, 4) is 0 Å². The highest BCUT2D eigenvalue weighted by molar-refractivity contribution is 5.88. The molecule has 0 unspecified atom stereocenters. The molecule has 2 bridgehead atoms. The van der Waals surface area contributed by atoms with Gasteiger partial charge in [-0.15, -0.1) is 0 Å². The lowest BCUT2D eigenvalue weighted by atomic mass is 9.71. The first kappa shape index (κ1) is 33.8. The fourth-order valence-corrected chi connectivity index (χ4v) is 7.40. The van der Waals surface area contributed by atoms with E-state index in [1.54, 1.807) is 20.1 Å². The van der Waals surface area contributed by atoms with Crippen LogP contribution in [-0.4, -0.2) is 77.5 Å². The number of hydrogen-bond acceptors (Lipinski definition) is 9. The zero-order valence-corrected chi connectivity index (χ0v) is 27.8. The average molecular weight is 626 g/mol. The summed E-state index contributed by atoms with van der Waals surface area (Å²) in [6, 6.07) is 0. The van der Waals surface area contributed by atoms with Crippen LogP contribution in [0.2, 0.25) is 0 Å². The van der Waals surface area contributed by atoms with E-state index in [0.29, 0.717) is 42.7 Å². The molecule has 1 aliphatic carbocycles. The maximum atomic E-state index is 14.1. The molecule has 3 saturated heterocycles. The molecule has 0 aromatic carbocycles. The topological polar surface area (TPSA) is 116 Å². The number of fused-ring (bicyclic) bond motifs is 2. The van der Waals surface area contributed by atoms with Gasteiger partial charge < -0.3 is 34.0 Å². The predicted molar refractivity (Wildman–Crippen MR) is 171 cm³/mol. The maximum absolute atomic E-state index is 14.1. The first-order valence-electron chi connectivity index (χ1n) is 16.4. The highest BCUT2D eigenvalue weighted by atomic mass is 16.7. The van der Waals surface area contributed by atoms with Crippen LogP contribution in [0.3, 0.4) is 0 Å². The van der Waals surface area contributed by atoms with Gasteiger partial charge in [0.25, 0.3) is 0 Å². The number of nitrogens with zero attached hydrogens (tertiary/aromatic N) is 1. The third-order valence-corrected chi connectivity index (χ3v) is 9.83. The number of aliphatic hydroxyl groups excluding tert-OH is 1. The van der Waals surface area contributed by atoms with Crippen molar-refractivity contribution in [1.29, 1.82) is 0 Å². The molecule has 4 heterocycles. The molecule has 45 heavy (non-hydrogen) atoms. The summed E-state index contributed by atoms with van der Waals surface area (Å²) < 4.78 is 25.8. The molecule has 10 atom stereocenters. The van der Waals surface area contributed by atoms with Gasteiger partial charge in [0.15, 0.2) is 5.79 Å². The third kappa shape index (κ3) is 7.08. The van der Waals surface area contributed by atoms with Gasteiger partial charge in [-0.2, -0.15) is 0 Å². The Bertz CT molecular complexity index is 1300. The van der Waals surface area contributed by atoms with Crippen molar-refractivity contribution in [2.24, 2.45) is 28.8 Å². The molecule has 9 heteroatoms. The van der Waals surface area contributed by atoms with Crippen LogP contribution in [0.5, 0.6) is 0 Å². The van der Waals surface area contributed by atoms with Crippen molar-refractivity contribution in [3.63, 3.8) is 0 Å². The van der Waals surface area contributed by atoms with Gasteiger partial charge in [-0.05, 0) is 49.7 Å². The van der Waals surface area contributed by atoms with E-state index in [4.69, 9.17) is 23.8 Å². The zero-order chi connectivity index (χ0) is 32.5.